The van der Waals surface area contributed by atoms with Crippen LogP contribution < -0.4 is 9.47 Å². The number of aliphatic carboxylic acids is 1. The maximum Gasteiger partial charge on any atom is 0.416 e. The molecule has 2 aliphatic carbocycles. The molecule has 2 heterocycles. The Morgan fingerprint density at radius 3 is 2.53 bits per heavy atom. The van der Waals surface area contributed by atoms with Crippen molar-refractivity contribution in [2.45, 2.75) is 64.3 Å². The molecule has 2 aromatic carbocycles. The zero-order valence-electron chi connectivity index (χ0n) is 20.6. The van der Waals surface area contributed by atoms with Gasteiger partial charge in [-0.25, -0.2) is 0 Å². The molecule has 0 radical (unpaired) electrons. The van der Waals surface area contributed by atoms with E-state index < -0.39 is 17.7 Å². The van der Waals surface area contributed by atoms with Crippen LogP contribution in [0.1, 0.15) is 72.9 Å². The van der Waals surface area contributed by atoms with E-state index in [9.17, 15) is 18.0 Å². The Morgan fingerprint density at radius 1 is 1.17 bits per heavy atom. The summed E-state index contributed by atoms with van der Waals surface area (Å²) in [6, 6.07) is 8.80. The van der Waals surface area contributed by atoms with Gasteiger partial charge in [-0.1, -0.05) is 26.0 Å². The zero-order valence-corrected chi connectivity index (χ0v) is 20.6. The zero-order chi connectivity index (χ0) is 25.6. The number of piperidine rings is 1. The molecule has 0 amide bonds. The standard InChI is InChI=1S/C25H26F3NO2.C3H6O2/c1-14-13-30-24-9-17(2-3-18(14)24)31-23-7-5-19-20(23)4-6-22(25(26,27)28)21(19)12-29-10-15-8-16(15)11-29;1-2-3(4)5/h2-4,6,9,14-16,23H,5,7-8,10-13H2,1H3;2H2,1H3,(H,4,5)/t14?,15?,16?,23-;/m1./s1. The highest BCUT2D eigenvalue weighted by molar-refractivity contribution is 5.66. The molecule has 8 heteroatoms. The number of carbonyl (C=O) groups is 1. The van der Waals surface area contributed by atoms with Gasteiger partial charge in [0, 0.05) is 43.6 Å². The van der Waals surface area contributed by atoms with Crippen molar-refractivity contribution in [3.05, 3.63) is 58.1 Å². The summed E-state index contributed by atoms with van der Waals surface area (Å²) < 4.78 is 53.4. The molecule has 36 heavy (non-hydrogen) atoms. The Morgan fingerprint density at radius 2 is 1.86 bits per heavy atom. The number of carboxylic acids is 1. The van der Waals surface area contributed by atoms with E-state index in [0.717, 1.165) is 30.0 Å². The van der Waals surface area contributed by atoms with Crippen molar-refractivity contribution in [1.29, 1.82) is 0 Å². The smallest absolute Gasteiger partial charge is 0.416 e. The third-order valence-electron chi connectivity index (χ3n) is 7.80. The van der Waals surface area contributed by atoms with Crippen molar-refractivity contribution in [3.63, 3.8) is 0 Å². The van der Waals surface area contributed by atoms with E-state index in [1.54, 1.807) is 13.0 Å². The summed E-state index contributed by atoms with van der Waals surface area (Å²) in [6.07, 6.45) is -1.77. The lowest BCUT2D eigenvalue weighted by Gasteiger charge is -2.24. The van der Waals surface area contributed by atoms with Crippen molar-refractivity contribution in [1.82, 2.24) is 4.90 Å². The topological polar surface area (TPSA) is 59.0 Å². The SMILES string of the molecule is CC1COc2cc(O[C@@H]3CCc4c3ccc(C(F)(F)F)c4CN3CC4CC4C3)ccc21.CCC(=O)O. The first-order valence-corrected chi connectivity index (χ1v) is 12.7. The van der Waals surface area contributed by atoms with Crippen LogP contribution in [0.25, 0.3) is 0 Å². The van der Waals surface area contributed by atoms with Gasteiger partial charge in [0.15, 0.2) is 0 Å². The summed E-state index contributed by atoms with van der Waals surface area (Å²) in [6.45, 7) is 6.65. The van der Waals surface area contributed by atoms with Gasteiger partial charge in [0.25, 0.3) is 0 Å². The second-order valence-electron chi connectivity index (χ2n) is 10.4. The number of hydrogen-bond donors (Lipinski definition) is 1. The molecule has 1 saturated heterocycles. The van der Waals surface area contributed by atoms with Gasteiger partial charge in [-0.05, 0) is 59.9 Å². The molecule has 2 aliphatic heterocycles. The van der Waals surface area contributed by atoms with Crippen molar-refractivity contribution in [2.24, 2.45) is 11.8 Å². The molecule has 0 bridgehead atoms. The fraction of sp³-hybridized carbons (Fsp3) is 0.536. The Kier molecular flexibility index (Phi) is 6.66. The van der Waals surface area contributed by atoms with Gasteiger partial charge in [-0.15, -0.1) is 0 Å². The Labute approximate surface area is 209 Å². The van der Waals surface area contributed by atoms with Crippen LogP contribution in [-0.4, -0.2) is 35.7 Å². The van der Waals surface area contributed by atoms with Crippen LogP contribution in [0.5, 0.6) is 11.5 Å². The number of nitrogens with zero attached hydrogens (tertiary/aromatic N) is 1. The van der Waals surface area contributed by atoms with Crippen molar-refractivity contribution < 1.29 is 32.5 Å². The monoisotopic (exact) mass is 503 g/mol. The highest BCUT2D eigenvalue weighted by Crippen LogP contribution is 2.47. The van der Waals surface area contributed by atoms with E-state index >= 15 is 0 Å². The van der Waals surface area contributed by atoms with Crippen molar-refractivity contribution in [2.75, 3.05) is 19.7 Å². The third kappa shape index (κ3) is 5.05. The lowest BCUT2D eigenvalue weighted by Crippen LogP contribution is -2.25. The van der Waals surface area contributed by atoms with Gasteiger partial charge in [0.1, 0.15) is 17.6 Å². The number of alkyl halides is 3. The van der Waals surface area contributed by atoms with Gasteiger partial charge in [-0.3, -0.25) is 9.69 Å². The minimum Gasteiger partial charge on any atom is -0.493 e. The lowest BCUT2D eigenvalue weighted by atomic mass is 9.96. The minimum atomic E-state index is -4.33. The number of likely N-dealkylation sites (tertiary alicyclic amines) is 1. The Hall–Kier alpha value is -2.74. The molecule has 1 saturated carbocycles. The van der Waals surface area contributed by atoms with E-state index in [-0.39, 0.29) is 12.5 Å². The predicted octanol–water partition coefficient (Wildman–Crippen LogP) is 6.20. The highest BCUT2D eigenvalue weighted by Gasteiger charge is 2.46. The summed E-state index contributed by atoms with van der Waals surface area (Å²) in [7, 11) is 0. The quantitative estimate of drug-likeness (QED) is 0.527. The van der Waals surface area contributed by atoms with Crippen LogP contribution in [0, 0.1) is 11.8 Å². The molecule has 2 aromatic rings. The normalized spacial score (nSPS) is 25.8. The molecular formula is C28H32F3NO4. The van der Waals surface area contributed by atoms with Crippen molar-refractivity contribution >= 4 is 5.97 Å². The highest BCUT2D eigenvalue weighted by atomic mass is 19.4. The van der Waals surface area contributed by atoms with Gasteiger partial charge in [0.05, 0.1) is 12.2 Å². The average molecular weight is 504 g/mol. The first-order valence-electron chi connectivity index (χ1n) is 12.7. The number of ether oxygens (including phenoxy) is 2. The minimum absolute atomic E-state index is 0.222. The molecule has 3 unspecified atom stereocenters. The molecule has 194 valence electrons. The van der Waals surface area contributed by atoms with Crippen LogP contribution in [0.2, 0.25) is 0 Å². The number of carboxylic acid groups (broad SMARTS) is 1. The van der Waals surface area contributed by atoms with Crippen LogP contribution in [0.3, 0.4) is 0 Å². The Bertz CT molecular complexity index is 1140. The summed E-state index contributed by atoms with van der Waals surface area (Å²) in [5.41, 5.74) is 2.91. The largest absolute Gasteiger partial charge is 0.493 e. The fourth-order valence-corrected chi connectivity index (χ4v) is 5.74. The maximum absolute atomic E-state index is 13.8. The molecule has 1 N–H and O–H groups in total. The van der Waals surface area contributed by atoms with Gasteiger partial charge < -0.3 is 14.6 Å². The number of benzene rings is 2. The van der Waals surface area contributed by atoms with E-state index in [1.807, 2.05) is 18.2 Å². The van der Waals surface area contributed by atoms with E-state index in [2.05, 4.69) is 11.8 Å². The molecule has 4 atom stereocenters. The van der Waals surface area contributed by atoms with Crippen LogP contribution in [0.4, 0.5) is 13.2 Å². The molecule has 0 aromatic heterocycles. The second kappa shape index (κ2) is 9.61. The number of halogens is 3. The molecule has 5 nitrogen and oxygen atoms in total. The third-order valence-corrected chi connectivity index (χ3v) is 7.80. The van der Waals surface area contributed by atoms with Crippen LogP contribution in [-0.2, 0) is 23.9 Å². The average Bonchev–Trinajstić information content (AvgIpc) is 3.13. The van der Waals surface area contributed by atoms with Crippen LogP contribution in [0.15, 0.2) is 30.3 Å². The van der Waals surface area contributed by atoms with E-state index in [0.29, 0.717) is 55.1 Å². The lowest BCUT2D eigenvalue weighted by molar-refractivity contribution is -0.138. The number of rotatable bonds is 5. The molecular weight excluding hydrogens is 471 g/mol. The molecule has 0 spiro atoms. The predicted molar refractivity (Wildman–Crippen MR) is 128 cm³/mol. The second-order valence-corrected chi connectivity index (χ2v) is 10.4. The summed E-state index contributed by atoms with van der Waals surface area (Å²) in [5.74, 6) is 2.59. The van der Waals surface area contributed by atoms with Crippen LogP contribution >= 0.6 is 0 Å². The van der Waals surface area contributed by atoms with Gasteiger partial charge in [-0.2, -0.15) is 13.2 Å². The molecule has 2 fully saturated rings. The molecule has 6 rings (SSSR count). The maximum atomic E-state index is 13.8. The van der Waals surface area contributed by atoms with Crippen molar-refractivity contribution in [3.8, 4) is 11.5 Å². The van der Waals surface area contributed by atoms with E-state index in [4.69, 9.17) is 14.6 Å². The number of hydrogen-bond acceptors (Lipinski definition) is 4. The summed E-state index contributed by atoms with van der Waals surface area (Å²) in [5, 5.41) is 7.72. The first-order chi connectivity index (χ1) is 17.1. The first kappa shape index (κ1) is 24.9. The molecule has 4 aliphatic rings. The van der Waals surface area contributed by atoms with Gasteiger partial charge >= 0.3 is 12.1 Å². The fourth-order valence-electron chi connectivity index (χ4n) is 5.74. The van der Waals surface area contributed by atoms with Gasteiger partial charge in [0.2, 0.25) is 0 Å². The number of fused-ring (bicyclic) bond motifs is 3. The summed E-state index contributed by atoms with van der Waals surface area (Å²) in [4.78, 5) is 11.6. The summed E-state index contributed by atoms with van der Waals surface area (Å²) >= 11 is 0. The Balaban J connectivity index is 0.000000489. The van der Waals surface area contributed by atoms with E-state index in [1.165, 1.54) is 18.1 Å².